The van der Waals surface area contributed by atoms with E-state index in [-0.39, 0.29) is 5.78 Å². The summed E-state index contributed by atoms with van der Waals surface area (Å²) < 4.78 is 0. The molecule has 1 fully saturated rings. The Balaban J connectivity index is 1.94. The van der Waals surface area contributed by atoms with Crippen LogP contribution in [0.25, 0.3) is 0 Å². The van der Waals surface area contributed by atoms with Crippen molar-refractivity contribution in [2.45, 2.75) is 50.7 Å². The predicted octanol–water partition coefficient (Wildman–Crippen LogP) is 2.10. The van der Waals surface area contributed by atoms with Crippen molar-refractivity contribution < 1.29 is 15.0 Å². The van der Waals surface area contributed by atoms with Gasteiger partial charge in [-0.3, -0.25) is 4.79 Å². The van der Waals surface area contributed by atoms with Gasteiger partial charge < -0.3 is 10.2 Å². The topological polar surface area (TPSA) is 57.5 Å². The van der Waals surface area contributed by atoms with Gasteiger partial charge in [0.15, 0.2) is 0 Å². The molecule has 3 heteroatoms. The summed E-state index contributed by atoms with van der Waals surface area (Å²) in [5, 5.41) is 20.2. The molecule has 3 nitrogen and oxygen atoms in total. The standard InChI is InChI=1S/C16H22O3/c17-13-8-4-5-9-14(18)16(13)15(19)11-10-12-6-2-1-3-7-12/h1-3,6-7,13,15-17,19H,4-5,8-11H2/t13-,15+,16-/m0/s1. The lowest BCUT2D eigenvalue weighted by molar-refractivity contribution is -0.131. The zero-order chi connectivity index (χ0) is 13.7. The van der Waals surface area contributed by atoms with Gasteiger partial charge in [0, 0.05) is 6.42 Å². The Kier molecular flexibility index (Phi) is 5.11. The smallest absolute Gasteiger partial charge is 0.141 e. The van der Waals surface area contributed by atoms with E-state index in [0.29, 0.717) is 19.3 Å². The van der Waals surface area contributed by atoms with Gasteiger partial charge in [0.1, 0.15) is 5.78 Å². The van der Waals surface area contributed by atoms with E-state index in [1.807, 2.05) is 30.3 Å². The molecule has 104 valence electrons. The molecule has 0 bridgehead atoms. The highest BCUT2D eigenvalue weighted by Crippen LogP contribution is 2.25. The summed E-state index contributed by atoms with van der Waals surface area (Å²) >= 11 is 0. The summed E-state index contributed by atoms with van der Waals surface area (Å²) in [5.74, 6) is -0.572. The minimum atomic E-state index is -0.735. The first kappa shape index (κ1) is 14.2. The van der Waals surface area contributed by atoms with Gasteiger partial charge in [-0.1, -0.05) is 36.8 Å². The molecule has 0 aromatic heterocycles. The predicted molar refractivity (Wildman–Crippen MR) is 73.7 cm³/mol. The van der Waals surface area contributed by atoms with Gasteiger partial charge in [0.05, 0.1) is 18.1 Å². The number of benzene rings is 1. The molecule has 0 spiro atoms. The average Bonchev–Trinajstić information content (AvgIpc) is 2.58. The Morgan fingerprint density at radius 3 is 2.68 bits per heavy atom. The van der Waals surface area contributed by atoms with Crippen LogP contribution in [0.1, 0.15) is 37.7 Å². The zero-order valence-electron chi connectivity index (χ0n) is 11.2. The van der Waals surface area contributed by atoms with E-state index in [1.54, 1.807) is 0 Å². The van der Waals surface area contributed by atoms with Crippen molar-refractivity contribution >= 4 is 5.78 Å². The minimum Gasteiger partial charge on any atom is -0.392 e. The third-order valence-corrected chi connectivity index (χ3v) is 3.95. The molecule has 3 atom stereocenters. The number of hydrogen-bond donors (Lipinski definition) is 2. The molecule has 0 radical (unpaired) electrons. The molecule has 2 N–H and O–H groups in total. The van der Waals surface area contributed by atoms with Gasteiger partial charge in [-0.15, -0.1) is 0 Å². The lowest BCUT2D eigenvalue weighted by Crippen LogP contribution is -2.37. The number of ketones is 1. The number of aliphatic hydroxyl groups is 2. The number of hydrogen-bond acceptors (Lipinski definition) is 3. The van der Waals surface area contributed by atoms with E-state index in [1.165, 1.54) is 0 Å². The van der Waals surface area contributed by atoms with Crippen molar-refractivity contribution in [3.8, 4) is 0 Å². The van der Waals surface area contributed by atoms with Crippen LogP contribution in [0.15, 0.2) is 30.3 Å². The van der Waals surface area contributed by atoms with Crippen molar-refractivity contribution in [1.29, 1.82) is 0 Å². The third-order valence-electron chi connectivity index (χ3n) is 3.95. The first-order chi connectivity index (χ1) is 9.18. The van der Waals surface area contributed by atoms with Crippen LogP contribution in [-0.2, 0) is 11.2 Å². The Labute approximate surface area is 114 Å². The number of Topliss-reactive ketones (excluding diaryl/α,β-unsaturated/α-hetero) is 1. The largest absolute Gasteiger partial charge is 0.392 e. The van der Waals surface area contributed by atoms with Crippen LogP contribution in [0.2, 0.25) is 0 Å². The number of rotatable bonds is 4. The van der Waals surface area contributed by atoms with E-state index < -0.39 is 18.1 Å². The van der Waals surface area contributed by atoms with Crippen LogP contribution in [-0.4, -0.2) is 28.2 Å². The van der Waals surface area contributed by atoms with Crippen LogP contribution >= 0.6 is 0 Å². The van der Waals surface area contributed by atoms with Gasteiger partial charge in [0.2, 0.25) is 0 Å². The summed E-state index contributed by atoms with van der Waals surface area (Å²) in [4.78, 5) is 12.0. The molecule has 0 heterocycles. The van der Waals surface area contributed by atoms with Crippen molar-refractivity contribution in [1.82, 2.24) is 0 Å². The molecule has 2 rings (SSSR count). The van der Waals surface area contributed by atoms with E-state index in [2.05, 4.69) is 0 Å². The van der Waals surface area contributed by atoms with Gasteiger partial charge in [0.25, 0.3) is 0 Å². The maximum atomic E-state index is 12.0. The molecule has 0 amide bonds. The first-order valence-corrected chi connectivity index (χ1v) is 7.11. The SMILES string of the molecule is O=C1CCCC[C@H](O)[C@@H]1[C@H](O)CCc1ccccc1. The molecule has 19 heavy (non-hydrogen) atoms. The molecule has 1 saturated carbocycles. The lowest BCUT2D eigenvalue weighted by atomic mass is 9.87. The molecule has 1 aliphatic carbocycles. The maximum absolute atomic E-state index is 12.0. The van der Waals surface area contributed by atoms with Crippen LogP contribution in [0.5, 0.6) is 0 Å². The minimum absolute atomic E-state index is 0.0190. The van der Waals surface area contributed by atoms with E-state index in [0.717, 1.165) is 24.8 Å². The van der Waals surface area contributed by atoms with Crippen molar-refractivity contribution in [3.63, 3.8) is 0 Å². The van der Waals surface area contributed by atoms with Gasteiger partial charge in [-0.05, 0) is 31.2 Å². The number of aliphatic hydroxyl groups excluding tert-OH is 2. The number of aryl methyl sites for hydroxylation is 1. The Bertz CT molecular complexity index is 402. The molecule has 0 unspecified atom stereocenters. The van der Waals surface area contributed by atoms with Gasteiger partial charge >= 0.3 is 0 Å². The summed E-state index contributed by atoms with van der Waals surface area (Å²) in [7, 11) is 0. The molecule has 1 aromatic carbocycles. The molecular formula is C16H22O3. The van der Waals surface area contributed by atoms with Gasteiger partial charge in [-0.2, -0.15) is 0 Å². The Morgan fingerprint density at radius 1 is 1.21 bits per heavy atom. The molecular weight excluding hydrogens is 240 g/mol. The Morgan fingerprint density at radius 2 is 1.95 bits per heavy atom. The fraction of sp³-hybridized carbons (Fsp3) is 0.562. The van der Waals surface area contributed by atoms with Crippen molar-refractivity contribution in [2.24, 2.45) is 5.92 Å². The highest BCUT2D eigenvalue weighted by molar-refractivity contribution is 5.82. The van der Waals surface area contributed by atoms with E-state index in [4.69, 9.17) is 0 Å². The lowest BCUT2D eigenvalue weighted by Gasteiger charge is -2.24. The first-order valence-electron chi connectivity index (χ1n) is 7.11. The fourth-order valence-corrected chi connectivity index (χ4v) is 2.82. The quantitative estimate of drug-likeness (QED) is 0.817. The second-order valence-electron chi connectivity index (χ2n) is 5.40. The summed E-state index contributed by atoms with van der Waals surface area (Å²) in [6.45, 7) is 0. The average molecular weight is 262 g/mol. The highest BCUT2D eigenvalue weighted by Gasteiger charge is 2.34. The second kappa shape index (κ2) is 6.83. The monoisotopic (exact) mass is 262 g/mol. The fourth-order valence-electron chi connectivity index (χ4n) is 2.82. The summed E-state index contributed by atoms with van der Waals surface area (Å²) in [6, 6.07) is 9.91. The van der Waals surface area contributed by atoms with Crippen LogP contribution in [0, 0.1) is 5.92 Å². The summed E-state index contributed by atoms with van der Waals surface area (Å²) in [5.41, 5.74) is 1.15. The normalized spacial score (nSPS) is 25.9. The van der Waals surface area contributed by atoms with E-state index in [9.17, 15) is 15.0 Å². The third kappa shape index (κ3) is 3.88. The zero-order valence-corrected chi connectivity index (χ0v) is 11.2. The van der Waals surface area contributed by atoms with E-state index >= 15 is 0 Å². The highest BCUT2D eigenvalue weighted by atomic mass is 16.3. The van der Waals surface area contributed by atoms with Crippen LogP contribution in [0.3, 0.4) is 0 Å². The van der Waals surface area contributed by atoms with Crippen molar-refractivity contribution in [2.75, 3.05) is 0 Å². The second-order valence-corrected chi connectivity index (χ2v) is 5.40. The molecule has 0 aliphatic heterocycles. The maximum Gasteiger partial charge on any atom is 0.141 e. The molecule has 1 aromatic rings. The molecule has 0 saturated heterocycles. The number of carbonyl (C=O) groups excluding carboxylic acids is 1. The van der Waals surface area contributed by atoms with Crippen LogP contribution in [0.4, 0.5) is 0 Å². The Hall–Kier alpha value is -1.19. The number of carbonyl (C=O) groups is 1. The van der Waals surface area contributed by atoms with Crippen LogP contribution < -0.4 is 0 Å². The summed E-state index contributed by atoms with van der Waals surface area (Å²) in [6.07, 6.45) is 2.66. The van der Waals surface area contributed by atoms with Crippen molar-refractivity contribution in [3.05, 3.63) is 35.9 Å². The van der Waals surface area contributed by atoms with Gasteiger partial charge in [-0.25, -0.2) is 0 Å². The molecule has 1 aliphatic rings.